The molecule has 0 amide bonds. The van der Waals surface area contributed by atoms with Crippen molar-refractivity contribution in [1.29, 1.82) is 0 Å². The Hall–Kier alpha value is -3.52. The number of Topliss-reactive ketones (excluding diaryl/α,β-unsaturated/α-hetero) is 1. The number of benzene rings is 1. The number of anilines is 2. The summed E-state index contributed by atoms with van der Waals surface area (Å²) in [4.78, 5) is 24.1. The van der Waals surface area contributed by atoms with Gasteiger partial charge in [0, 0.05) is 54.8 Å². The smallest absolute Gasteiger partial charge is 0.187 e. The van der Waals surface area contributed by atoms with Crippen LogP contribution in [0.15, 0.2) is 48.8 Å². The third-order valence-electron chi connectivity index (χ3n) is 5.74. The Balaban J connectivity index is 1.63. The van der Waals surface area contributed by atoms with Crippen molar-refractivity contribution in [3.05, 3.63) is 65.9 Å². The lowest BCUT2D eigenvalue weighted by molar-refractivity contribution is 0.0989. The van der Waals surface area contributed by atoms with Crippen molar-refractivity contribution in [3.8, 4) is 17.0 Å². The predicted molar refractivity (Wildman–Crippen MR) is 127 cm³/mol. The van der Waals surface area contributed by atoms with Gasteiger partial charge in [-0.1, -0.05) is 0 Å². The van der Waals surface area contributed by atoms with Crippen LogP contribution in [0.3, 0.4) is 0 Å². The maximum atomic E-state index is 14.5. The Labute approximate surface area is 192 Å². The van der Waals surface area contributed by atoms with E-state index in [1.807, 2.05) is 13.0 Å². The highest BCUT2D eigenvalue weighted by molar-refractivity contribution is 6.01. The minimum atomic E-state index is -0.454. The molecule has 1 saturated heterocycles. The second kappa shape index (κ2) is 9.95. The summed E-state index contributed by atoms with van der Waals surface area (Å²) >= 11 is 0. The quantitative estimate of drug-likeness (QED) is 0.531. The Morgan fingerprint density at radius 3 is 2.91 bits per heavy atom. The van der Waals surface area contributed by atoms with Crippen molar-refractivity contribution >= 4 is 17.2 Å². The van der Waals surface area contributed by atoms with Crippen LogP contribution in [-0.2, 0) is 6.42 Å². The van der Waals surface area contributed by atoms with Gasteiger partial charge in [-0.05, 0) is 56.2 Å². The number of pyridine rings is 2. The third kappa shape index (κ3) is 5.12. The fourth-order valence-corrected chi connectivity index (χ4v) is 4.15. The molecule has 3 aromatic rings. The first-order chi connectivity index (χ1) is 16.0. The summed E-state index contributed by atoms with van der Waals surface area (Å²) in [5, 5.41) is 0. The molecule has 172 valence electrons. The van der Waals surface area contributed by atoms with Crippen LogP contribution in [0, 0.1) is 5.82 Å². The van der Waals surface area contributed by atoms with Gasteiger partial charge in [0.05, 0.1) is 18.0 Å². The van der Waals surface area contributed by atoms with E-state index in [9.17, 15) is 9.18 Å². The highest BCUT2D eigenvalue weighted by Crippen LogP contribution is 2.29. The van der Waals surface area contributed by atoms with E-state index in [4.69, 9.17) is 16.2 Å². The van der Waals surface area contributed by atoms with Gasteiger partial charge in [-0.15, -0.1) is 0 Å². The number of nitrogen functional groups attached to an aromatic ring is 1. The first-order valence-electron chi connectivity index (χ1n) is 11.1. The van der Waals surface area contributed by atoms with Gasteiger partial charge in [0.25, 0.3) is 0 Å². The number of hydrogen-bond acceptors (Lipinski definition) is 7. The van der Waals surface area contributed by atoms with Crippen LogP contribution in [0.1, 0.15) is 35.8 Å². The molecule has 0 aliphatic carbocycles. The van der Waals surface area contributed by atoms with E-state index >= 15 is 0 Å². The maximum absolute atomic E-state index is 14.5. The van der Waals surface area contributed by atoms with Crippen molar-refractivity contribution in [2.45, 2.75) is 32.2 Å². The monoisotopic (exact) mass is 449 g/mol. The zero-order chi connectivity index (χ0) is 23.4. The van der Waals surface area contributed by atoms with E-state index in [1.54, 1.807) is 36.7 Å². The predicted octanol–water partition coefficient (Wildman–Crippen LogP) is 3.62. The number of aromatic nitrogens is 2. The second-order valence-corrected chi connectivity index (χ2v) is 8.16. The maximum Gasteiger partial charge on any atom is 0.187 e. The number of piperidine rings is 1. The Morgan fingerprint density at radius 1 is 1.27 bits per heavy atom. The number of hydrogen-bond donors (Lipinski definition) is 2. The summed E-state index contributed by atoms with van der Waals surface area (Å²) in [6.07, 6.45) is 5.48. The molecule has 1 aromatic carbocycles. The SMILES string of the molecule is CCOc1ccc(F)c(-c2ccc(N)c(C(=O)Cc3cnccc3N3CCC[C@H](N)C3)n2)c1. The number of ether oxygens (including phenoxy) is 1. The molecule has 33 heavy (non-hydrogen) atoms. The highest BCUT2D eigenvalue weighted by Gasteiger charge is 2.22. The lowest BCUT2D eigenvalue weighted by Gasteiger charge is -2.33. The summed E-state index contributed by atoms with van der Waals surface area (Å²) in [5.74, 6) is -0.184. The van der Waals surface area contributed by atoms with Crippen LogP contribution in [-0.4, -0.2) is 41.5 Å². The molecule has 1 atom stereocenters. The molecule has 0 unspecified atom stereocenters. The molecule has 8 heteroatoms. The van der Waals surface area contributed by atoms with Crippen molar-refractivity contribution in [1.82, 2.24) is 9.97 Å². The van der Waals surface area contributed by atoms with Crippen molar-refractivity contribution < 1.29 is 13.9 Å². The highest BCUT2D eigenvalue weighted by atomic mass is 19.1. The van der Waals surface area contributed by atoms with Crippen LogP contribution >= 0.6 is 0 Å². The molecule has 0 bridgehead atoms. The van der Waals surface area contributed by atoms with Crippen LogP contribution in [0.2, 0.25) is 0 Å². The van der Waals surface area contributed by atoms with Crippen LogP contribution in [0.4, 0.5) is 15.8 Å². The Kier molecular flexibility index (Phi) is 6.84. The number of halogens is 1. The molecule has 1 aliphatic rings. The van der Waals surface area contributed by atoms with E-state index in [0.717, 1.165) is 37.2 Å². The molecule has 1 aliphatic heterocycles. The summed E-state index contributed by atoms with van der Waals surface area (Å²) in [5.41, 5.74) is 14.9. The van der Waals surface area contributed by atoms with Gasteiger partial charge in [0.15, 0.2) is 5.78 Å². The Bertz CT molecular complexity index is 1150. The topological polar surface area (TPSA) is 107 Å². The van der Waals surface area contributed by atoms with E-state index in [0.29, 0.717) is 18.1 Å². The summed E-state index contributed by atoms with van der Waals surface area (Å²) in [6, 6.07) is 9.65. The molecule has 3 heterocycles. The average molecular weight is 450 g/mol. The fourth-order valence-electron chi connectivity index (χ4n) is 4.15. The molecule has 1 fully saturated rings. The first-order valence-corrected chi connectivity index (χ1v) is 11.1. The molecule has 0 radical (unpaired) electrons. The summed E-state index contributed by atoms with van der Waals surface area (Å²) in [7, 11) is 0. The first kappa shape index (κ1) is 22.7. The van der Waals surface area contributed by atoms with Crippen LogP contribution in [0.5, 0.6) is 5.75 Å². The number of carbonyl (C=O) groups excluding carboxylic acids is 1. The van der Waals surface area contributed by atoms with E-state index in [-0.39, 0.29) is 35.2 Å². The zero-order valence-electron chi connectivity index (χ0n) is 18.6. The summed E-state index contributed by atoms with van der Waals surface area (Å²) in [6.45, 7) is 3.92. The van der Waals surface area contributed by atoms with Gasteiger partial charge < -0.3 is 21.1 Å². The van der Waals surface area contributed by atoms with Gasteiger partial charge in [-0.25, -0.2) is 9.37 Å². The second-order valence-electron chi connectivity index (χ2n) is 8.16. The van der Waals surface area contributed by atoms with Gasteiger partial charge in [-0.3, -0.25) is 9.78 Å². The molecular formula is C25H28FN5O2. The normalized spacial score (nSPS) is 16.0. The third-order valence-corrected chi connectivity index (χ3v) is 5.74. The largest absolute Gasteiger partial charge is 0.494 e. The zero-order valence-corrected chi connectivity index (χ0v) is 18.6. The average Bonchev–Trinajstić information content (AvgIpc) is 2.81. The van der Waals surface area contributed by atoms with E-state index in [2.05, 4.69) is 14.9 Å². The van der Waals surface area contributed by atoms with Crippen LogP contribution in [0.25, 0.3) is 11.3 Å². The molecule has 0 spiro atoms. The molecule has 4 N–H and O–H groups in total. The number of rotatable bonds is 7. The van der Waals surface area contributed by atoms with Gasteiger partial charge >= 0.3 is 0 Å². The van der Waals surface area contributed by atoms with Crippen molar-refractivity contribution in [2.24, 2.45) is 5.73 Å². The van der Waals surface area contributed by atoms with Gasteiger partial charge in [0.2, 0.25) is 0 Å². The van der Waals surface area contributed by atoms with Crippen molar-refractivity contribution in [3.63, 3.8) is 0 Å². The van der Waals surface area contributed by atoms with Crippen LogP contribution < -0.4 is 21.1 Å². The molecule has 7 nitrogen and oxygen atoms in total. The number of carbonyl (C=O) groups is 1. The lowest BCUT2D eigenvalue weighted by Crippen LogP contribution is -2.43. The molecule has 0 saturated carbocycles. The van der Waals surface area contributed by atoms with E-state index < -0.39 is 5.82 Å². The van der Waals surface area contributed by atoms with Gasteiger partial charge in [-0.2, -0.15) is 0 Å². The minimum absolute atomic E-state index is 0.0804. The number of nitrogens with zero attached hydrogens (tertiary/aromatic N) is 3. The number of ketones is 1. The Morgan fingerprint density at radius 2 is 2.12 bits per heavy atom. The standard InChI is InChI=1S/C25H28FN5O2/c1-2-33-18-5-6-20(26)19(13-18)22-8-7-21(28)25(30-22)24(32)12-16-14-29-10-9-23(16)31-11-3-4-17(27)15-31/h5-10,13-14,17H,2-4,11-12,15,27-28H2,1H3/t17-/m0/s1. The lowest BCUT2D eigenvalue weighted by atomic mass is 10.0. The summed E-state index contributed by atoms with van der Waals surface area (Å²) < 4.78 is 20.0. The van der Waals surface area contributed by atoms with Gasteiger partial charge in [0.1, 0.15) is 17.3 Å². The number of nitrogens with two attached hydrogens (primary N) is 2. The molecule has 4 rings (SSSR count). The minimum Gasteiger partial charge on any atom is -0.494 e. The van der Waals surface area contributed by atoms with Crippen molar-refractivity contribution in [2.75, 3.05) is 30.3 Å². The van der Waals surface area contributed by atoms with E-state index in [1.165, 1.54) is 6.07 Å². The fraction of sp³-hybridized carbons (Fsp3) is 0.320. The molecule has 2 aromatic heterocycles. The molecular weight excluding hydrogens is 421 g/mol.